The Labute approximate surface area is 77.5 Å². The number of aromatic nitrogens is 2. The molecule has 72 valence electrons. The van der Waals surface area contributed by atoms with Crippen molar-refractivity contribution in [1.29, 1.82) is 0 Å². The van der Waals surface area contributed by atoms with Gasteiger partial charge < -0.3 is 4.74 Å². The van der Waals surface area contributed by atoms with Crippen LogP contribution >= 0.6 is 0 Å². The lowest BCUT2D eigenvalue weighted by molar-refractivity contribution is 0.0645. The SMILES string of the molecule is COC(C)C(=O)c1c(C)cnn1C. The fourth-order valence-corrected chi connectivity index (χ4v) is 1.20. The average Bonchev–Trinajstić information content (AvgIpc) is 2.44. The van der Waals surface area contributed by atoms with Crippen molar-refractivity contribution < 1.29 is 9.53 Å². The van der Waals surface area contributed by atoms with Gasteiger partial charge in [-0.3, -0.25) is 9.48 Å². The molecule has 1 atom stereocenters. The second-order valence-electron chi connectivity index (χ2n) is 3.04. The summed E-state index contributed by atoms with van der Waals surface area (Å²) in [7, 11) is 3.27. The second kappa shape index (κ2) is 3.70. The Bertz CT molecular complexity index is 298. The van der Waals surface area contributed by atoms with Gasteiger partial charge in [0.15, 0.2) is 0 Å². The summed E-state index contributed by atoms with van der Waals surface area (Å²) in [5, 5.41) is 3.99. The van der Waals surface area contributed by atoms with E-state index in [4.69, 9.17) is 4.74 Å². The fourth-order valence-electron chi connectivity index (χ4n) is 1.20. The molecule has 0 aromatic carbocycles. The molecule has 0 spiro atoms. The molecule has 0 aliphatic rings. The minimum Gasteiger partial charge on any atom is -0.374 e. The number of carbonyl (C=O) groups is 1. The zero-order valence-electron chi connectivity index (χ0n) is 8.37. The third kappa shape index (κ3) is 1.78. The molecule has 1 rings (SSSR count). The van der Waals surface area contributed by atoms with Crippen LogP contribution in [0.1, 0.15) is 23.0 Å². The van der Waals surface area contributed by atoms with E-state index in [1.54, 1.807) is 24.9 Å². The molecule has 0 radical (unpaired) electrons. The van der Waals surface area contributed by atoms with E-state index in [9.17, 15) is 4.79 Å². The molecule has 0 aliphatic heterocycles. The first-order valence-electron chi connectivity index (χ1n) is 4.13. The first kappa shape index (κ1) is 9.92. The standard InChI is InChI=1S/C9H14N2O2/c1-6-5-10-11(3)8(6)9(12)7(2)13-4/h5,7H,1-4H3. The number of hydrogen-bond acceptors (Lipinski definition) is 3. The first-order chi connectivity index (χ1) is 6.07. The zero-order chi connectivity index (χ0) is 10.0. The predicted molar refractivity (Wildman–Crippen MR) is 48.7 cm³/mol. The molecule has 1 aromatic rings. The van der Waals surface area contributed by atoms with Gasteiger partial charge in [0.25, 0.3) is 0 Å². The molecule has 0 saturated heterocycles. The van der Waals surface area contributed by atoms with Crippen LogP contribution in [0.4, 0.5) is 0 Å². The topological polar surface area (TPSA) is 44.1 Å². The molecular weight excluding hydrogens is 168 g/mol. The minimum absolute atomic E-state index is 0.0278. The Morgan fingerprint density at radius 3 is 2.69 bits per heavy atom. The molecule has 1 heterocycles. The van der Waals surface area contributed by atoms with Crippen LogP contribution in [0, 0.1) is 6.92 Å². The van der Waals surface area contributed by atoms with Gasteiger partial charge in [0, 0.05) is 14.2 Å². The molecule has 13 heavy (non-hydrogen) atoms. The largest absolute Gasteiger partial charge is 0.374 e. The molecule has 4 nitrogen and oxygen atoms in total. The molecule has 4 heteroatoms. The van der Waals surface area contributed by atoms with E-state index in [0.29, 0.717) is 5.69 Å². The third-order valence-electron chi connectivity index (χ3n) is 2.08. The van der Waals surface area contributed by atoms with E-state index in [1.165, 1.54) is 7.11 Å². The number of hydrogen-bond donors (Lipinski definition) is 0. The van der Waals surface area contributed by atoms with Gasteiger partial charge in [-0.15, -0.1) is 0 Å². The van der Waals surface area contributed by atoms with Crippen molar-refractivity contribution in [2.24, 2.45) is 7.05 Å². The van der Waals surface area contributed by atoms with E-state index in [1.807, 2.05) is 6.92 Å². The lowest BCUT2D eigenvalue weighted by atomic mass is 10.1. The van der Waals surface area contributed by atoms with Crippen LogP contribution in [0.25, 0.3) is 0 Å². The third-order valence-corrected chi connectivity index (χ3v) is 2.08. The van der Waals surface area contributed by atoms with Crippen molar-refractivity contribution in [3.05, 3.63) is 17.5 Å². The highest BCUT2D eigenvalue weighted by molar-refractivity contribution is 5.98. The molecule has 1 unspecified atom stereocenters. The van der Waals surface area contributed by atoms with E-state index >= 15 is 0 Å². The maximum atomic E-state index is 11.7. The first-order valence-corrected chi connectivity index (χ1v) is 4.13. The van der Waals surface area contributed by atoms with Crippen molar-refractivity contribution >= 4 is 5.78 Å². The van der Waals surface area contributed by atoms with Crippen LogP contribution in [0.2, 0.25) is 0 Å². The van der Waals surface area contributed by atoms with Crippen LogP contribution in [0.3, 0.4) is 0 Å². The Balaban J connectivity index is 3.01. The maximum Gasteiger partial charge on any atom is 0.209 e. The second-order valence-corrected chi connectivity index (χ2v) is 3.04. The van der Waals surface area contributed by atoms with Gasteiger partial charge in [0.2, 0.25) is 5.78 Å². The summed E-state index contributed by atoms with van der Waals surface area (Å²) in [5.41, 5.74) is 1.51. The monoisotopic (exact) mass is 182 g/mol. The molecule has 0 fully saturated rings. The number of carbonyl (C=O) groups excluding carboxylic acids is 1. The van der Waals surface area contributed by atoms with Gasteiger partial charge >= 0.3 is 0 Å². The predicted octanol–water partition coefficient (Wildman–Crippen LogP) is 0.946. The molecule has 0 aliphatic carbocycles. The number of nitrogens with zero attached hydrogens (tertiary/aromatic N) is 2. The Hall–Kier alpha value is -1.16. The quantitative estimate of drug-likeness (QED) is 0.653. The lowest BCUT2D eigenvalue weighted by Crippen LogP contribution is -2.22. The minimum atomic E-state index is -0.408. The molecule has 1 aromatic heterocycles. The fraction of sp³-hybridized carbons (Fsp3) is 0.556. The van der Waals surface area contributed by atoms with Gasteiger partial charge in [-0.05, 0) is 19.4 Å². The van der Waals surface area contributed by atoms with E-state index in [-0.39, 0.29) is 5.78 Å². The summed E-state index contributed by atoms with van der Waals surface area (Å²) >= 11 is 0. The molecular formula is C9H14N2O2. The number of aryl methyl sites for hydroxylation is 2. The molecule has 0 N–H and O–H groups in total. The number of methoxy groups -OCH3 is 1. The van der Waals surface area contributed by atoms with E-state index < -0.39 is 6.10 Å². The zero-order valence-corrected chi connectivity index (χ0v) is 8.37. The van der Waals surface area contributed by atoms with Crippen molar-refractivity contribution in [3.8, 4) is 0 Å². The summed E-state index contributed by atoms with van der Waals surface area (Å²) in [6.45, 7) is 3.59. The van der Waals surface area contributed by atoms with Crippen LogP contribution in [0.15, 0.2) is 6.20 Å². The summed E-state index contributed by atoms with van der Waals surface area (Å²) in [6, 6.07) is 0. The number of rotatable bonds is 3. The van der Waals surface area contributed by atoms with Crippen molar-refractivity contribution in [2.75, 3.05) is 7.11 Å². The summed E-state index contributed by atoms with van der Waals surface area (Å²) < 4.78 is 6.53. The molecule has 0 amide bonds. The van der Waals surface area contributed by atoms with Crippen LogP contribution in [0.5, 0.6) is 0 Å². The highest BCUT2D eigenvalue weighted by Gasteiger charge is 2.19. The van der Waals surface area contributed by atoms with Crippen molar-refractivity contribution in [1.82, 2.24) is 9.78 Å². The van der Waals surface area contributed by atoms with Crippen molar-refractivity contribution in [3.63, 3.8) is 0 Å². The highest BCUT2D eigenvalue weighted by Crippen LogP contribution is 2.09. The Kier molecular flexibility index (Phi) is 2.83. The normalized spacial score (nSPS) is 12.9. The van der Waals surface area contributed by atoms with Gasteiger partial charge in [-0.1, -0.05) is 0 Å². The smallest absolute Gasteiger partial charge is 0.209 e. The summed E-state index contributed by atoms with van der Waals surface area (Å²) in [5.74, 6) is -0.0278. The van der Waals surface area contributed by atoms with Gasteiger partial charge in [-0.25, -0.2) is 0 Å². The van der Waals surface area contributed by atoms with E-state index in [2.05, 4.69) is 5.10 Å². The molecule has 0 bridgehead atoms. The number of ether oxygens (including phenoxy) is 1. The average molecular weight is 182 g/mol. The summed E-state index contributed by atoms with van der Waals surface area (Å²) in [4.78, 5) is 11.7. The maximum absolute atomic E-state index is 11.7. The summed E-state index contributed by atoms with van der Waals surface area (Å²) in [6.07, 6.45) is 1.27. The molecule has 0 saturated carbocycles. The van der Waals surface area contributed by atoms with Gasteiger partial charge in [0.1, 0.15) is 11.8 Å². The van der Waals surface area contributed by atoms with Crippen LogP contribution < -0.4 is 0 Å². The van der Waals surface area contributed by atoms with Gasteiger partial charge in [-0.2, -0.15) is 5.10 Å². The Morgan fingerprint density at radius 1 is 1.69 bits per heavy atom. The number of Topliss-reactive ketones (excluding diaryl/α,β-unsaturated/α-hetero) is 1. The lowest BCUT2D eigenvalue weighted by Gasteiger charge is -2.08. The van der Waals surface area contributed by atoms with E-state index in [0.717, 1.165) is 5.56 Å². The van der Waals surface area contributed by atoms with Crippen LogP contribution in [-0.4, -0.2) is 28.8 Å². The Morgan fingerprint density at radius 2 is 2.31 bits per heavy atom. The highest BCUT2D eigenvalue weighted by atomic mass is 16.5. The van der Waals surface area contributed by atoms with Crippen molar-refractivity contribution in [2.45, 2.75) is 20.0 Å². The van der Waals surface area contributed by atoms with Gasteiger partial charge in [0.05, 0.1) is 6.20 Å². The van der Waals surface area contributed by atoms with Crippen LogP contribution in [-0.2, 0) is 11.8 Å². The number of ketones is 1.